The summed E-state index contributed by atoms with van der Waals surface area (Å²) >= 11 is 0. The van der Waals surface area contributed by atoms with Crippen LogP contribution in [0.25, 0.3) is 0 Å². The average Bonchev–Trinajstić information content (AvgIpc) is 2.47. The maximum Gasteiger partial charge on any atom is 0.316 e. The molecule has 8 heteroatoms. The molecule has 0 aliphatic carbocycles. The zero-order valence-electron chi connectivity index (χ0n) is 12.0. The zero-order chi connectivity index (χ0) is 15.2. The second-order valence-electron chi connectivity index (χ2n) is 5.06. The van der Waals surface area contributed by atoms with Crippen LogP contribution in [0.3, 0.4) is 0 Å². The van der Waals surface area contributed by atoms with Crippen LogP contribution in [0.4, 0.5) is 17.1 Å². The van der Waals surface area contributed by atoms with Gasteiger partial charge in [-0.1, -0.05) is 6.07 Å². The molecule has 1 unspecified atom stereocenters. The lowest BCUT2D eigenvalue weighted by atomic mass is 10.2. The van der Waals surface area contributed by atoms with Crippen molar-refractivity contribution in [2.24, 2.45) is 5.84 Å². The Bertz CT molecular complexity index is 491. The molecule has 1 aliphatic heterocycles. The third-order valence-electron chi connectivity index (χ3n) is 3.41. The quantitative estimate of drug-likeness (QED) is 0.408. The first kappa shape index (κ1) is 15.5. The van der Waals surface area contributed by atoms with Crippen LogP contribution in [0.5, 0.6) is 0 Å². The van der Waals surface area contributed by atoms with E-state index in [2.05, 4.69) is 15.6 Å². The van der Waals surface area contributed by atoms with Gasteiger partial charge in [-0.25, -0.2) is 0 Å². The molecule has 1 fully saturated rings. The largest absolute Gasteiger partial charge is 0.379 e. The number of ether oxygens (including phenoxy) is 1. The fourth-order valence-corrected chi connectivity index (χ4v) is 2.46. The fraction of sp³-hybridized carbons (Fsp3) is 0.538. The summed E-state index contributed by atoms with van der Waals surface area (Å²) in [6.07, 6.45) is 0. The van der Waals surface area contributed by atoms with Crippen LogP contribution in [0.1, 0.15) is 6.92 Å². The van der Waals surface area contributed by atoms with Gasteiger partial charge in [0, 0.05) is 25.7 Å². The molecule has 0 radical (unpaired) electrons. The van der Waals surface area contributed by atoms with E-state index in [1.54, 1.807) is 18.2 Å². The summed E-state index contributed by atoms with van der Waals surface area (Å²) in [6.45, 7) is 6.05. The first-order chi connectivity index (χ1) is 10.1. The van der Waals surface area contributed by atoms with E-state index in [4.69, 9.17) is 10.6 Å². The van der Waals surface area contributed by atoms with E-state index < -0.39 is 4.92 Å². The number of benzene rings is 1. The van der Waals surface area contributed by atoms with E-state index in [1.165, 1.54) is 0 Å². The van der Waals surface area contributed by atoms with E-state index >= 15 is 0 Å². The first-order valence-electron chi connectivity index (χ1n) is 6.92. The summed E-state index contributed by atoms with van der Waals surface area (Å²) < 4.78 is 5.31. The van der Waals surface area contributed by atoms with Gasteiger partial charge in [0.15, 0.2) is 0 Å². The second-order valence-corrected chi connectivity index (χ2v) is 5.06. The summed E-state index contributed by atoms with van der Waals surface area (Å²) in [7, 11) is 0. The number of rotatable bonds is 6. The molecule has 0 bridgehead atoms. The normalized spacial score (nSPS) is 17.2. The molecule has 0 aromatic heterocycles. The summed E-state index contributed by atoms with van der Waals surface area (Å²) in [5.74, 6) is 5.33. The Balaban J connectivity index is 2.05. The Labute approximate surface area is 123 Å². The van der Waals surface area contributed by atoms with Crippen molar-refractivity contribution in [2.45, 2.75) is 13.0 Å². The Kier molecular flexibility index (Phi) is 5.32. The number of hydrogen-bond acceptors (Lipinski definition) is 7. The van der Waals surface area contributed by atoms with Gasteiger partial charge in [-0.3, -0.25) is 20.9 Å². The Morgan fingerprint density at radius 3 is 2.71 bits per heavy atom. The molecule has 116 valence electrons. The molecule has 1 heterocycles. The van der Waals surface area contributed by atoms with E-state index in [-0.39, 0.29) is 11.7 Å². The molecule has 1 saturated heterocycles. The zero-order valence-corrected chi connectivity index (χ0v) is 12.0. The predicted octanol–water partition coefficient (Wildman–Crippen LogP) is 1.01. The number of nitrogen functional groups attached to an aromatic ring is 1. The molecular weight excluding hydrogens is 274 g/mol. The number of nitrogens with two attached hydrogens (primary N) is 1. The second kappa shape index (κ2) is 7.21. The van der Waals surface area contributed by atoms with Crippen LogP contribution >= 0.6 is 0 Å². The van der Waals surface area contributed by atoms with Crippen LogP contribution in [-0.4, -0.2) is 48.7 Å². The number of nitro groups is 1. The van der Waals surface area contributed by atoms with Crippen LogP contribution in [-0.2, 0) is 4.74 Å². The maximum absolute atomic E-state index is 11.2. The van der Waals surface area contributed by atoms with Crippen molar-refractivity contribution in [3.63, 3.8) is 0 Å². The highest BCUT2D eigenvalue weighted by Crippen LogP contribution is 2.32. The van der Waals surface area contributed by atoms with Gasteiger partial charge in [0.05, 0.1) is 18.1 Å². The number of nitrogens with zero attached hydrogens (tertiary/aromatic N) is 2. The molecular formula is C13H21N5O3. The SMILES string of the molecule is CC(CN1CCOCC1)Nc1cccc(NN)c1[N+](=O)[O-]. The molecule has 1 aromatic rings. The number of morpholine rings is 1. The molecule has 0 amide bonds. The number of nitrogens with one attached hydrogen (secondary N) is 2. The van der Waals surface area contributed by atoms with Gasteiger partial charge in [0.2, 0.25) is 0 Å². The van der Waals surface area contributed by atoms with E-state index in [9.17, 15) is 10.1 Å². The van der Waals surface area contributed by atoms with Gasteiger partial charge in [-0.15, -0.1) is 0 Å². The van der Waals surface area contributed by atoms with Crippen molar-refractivity contribution < 1.29 is 9.66 Å². The van der Waals surface area contributed by atoms with Gasteiger partial charge < -0.3 is 15.5 Å². The van der Waals surface area contributed by atoms with Crippen molar-refractivity contribution in [3.8, 4) is 0 Å². The molecule has 1 atom stereocenters. The Morgan fingerprint density at radius 2 is 2.10 bits per heavy atom. The standard InChI is InChI=1S/C13H21N5O3/c1-10(9-17-5-7-21-8-6-17)15-11-3-2-4-12(16-14)13(11)18(19)20/h2-4,10,15-16H,5-9,14H2,1H3. The minimum absolute atomic E-state index is 0.0335. The monoisotopic (exact) mass is 295 g/mol. The maximum atomic E-state index is 11.2. The first-order valence-corrected chi connectivity index (χ1v) is 6.92. The highest BCUT2D eigenvalue weighted by Gasteiger charge is 2.21. The topological polar surface area (TPSA) is 106 Å². The lowest BCUT2D eigenvalue weighted by Crippen LogP contribution is -2.42. The molecule has 8 nitrogen and oxygen atoms in total. The Hall–Kier alpha value is -1.90. The van der Waals surface area contributed by atoms with E-state index in [0.717, 1.165) is 32.8 Å². The molecule has 4 N–H and O–H groups in total. The summed E-state index contributed by atoms with van der Waals surface area (Å²) in [4.78, 5) is 13.1. The predicted molar refractivity (Wildman–Crippen MR) is 81.3 cm³/mol. The van der Waals surface area contributed by atoms with Crippen molar-refractivity contribution in [1.82, 2.24) is 4.90 Å². The molecule has 1 aromatic carbocycles. The molecule has 1 aliphatic rings. The van der Waals surface area contributed by atoms with E-state index in [0.29, 0.717) is 11.4 Å². The van der Waals surface area contributed by atoms with E-state index in [1.807, 2.05) is 6.92 Å². The van der Waals surface area contributed by atoms with Gasteiger partial charge in [0.1, 0.15) is 11.4 Å². The van der Waals surface area contributed by atoms with Crippen LogP contribution in [0, 0.1) is 10.1 Å². The summed E-state index contributed by atoms with van der Waals surface area (Å²) in [5, 5.41) is 14.4. The number of hydrogen-bond donors (Lipinski definition) is 3. The van der Waals surface area contributed by atoms with Crippen LogP contribution in [0.15, 0.2) is 18.2 Å². The third-order valence-corrected chi connectivity index (χ3v) is 3.41. The van der Waals surface area contributed by atoms with Gasteiger partial charge >= 0.3 is 5.69 Å². The lowest BCUT2D eigenvalue weighted by Gasteiger charge is -2.29. The van der Waals surface area contributed by atoms with Crippen molar-refractivity contribution in [2.75, 3.05) is 43.6 Å². The van der Waals surface area contributed by atoms with Crippen molar-refractivity contribution in [1.29, 1.82) is 0 Å². The fourth-order valence-electron chi connectivity index (χ4n) is 2.46. The number of anilines is 2. The smallest absolute Gasteiger partial charge is 0.316 e. The van der Waals surface area contributed by atoms with Crippen LogP contribution in [0.2, 0.25) is 0 Å². The minimum Gasteiger partial charge on any atom is -0.379 e. The molecule has 0 spiro atoms. The highest BCUT2D eigenvalue weighted by molar-refractivity contribution is 5.76. The summed E-state index contributed by atoms with van der Waals surface area (Å²) in [5.41, 5.74) is 3.09. The number of para-hydroxylation sites is 1. The third kappa shape index (κ3) is 4.03. The van der Waals surface area contributed by atoms with Crippen molar-refractivity contribution in [3.05, 3.63) is 28.3 Å². The minimum atomic E-state index is -0.432. The molecule has 2 rings (SSSR count). The summed E-state index contributed by atoms with van der Waals surface area (Å²) in [6, 6.07) is 5.08. The van der Waals surface area contributed by atoms with Crippen molar-refractivity contribution >= 4 is 17.1 Å². The lowest BCUT2D eigenvalue weighted by molar-refractivity contribution is -0.383. The average molecular weight is 295 g/mol. The number of hydrazine groups is 1. The molecule has 0 saturated carbocycles. The van der Waals surface area contributed by atoms with Crippen LogP contribution < -0.4 is 16.6 Å². The van der Waals surface area contributed by atoms with Gasteiger partial charge in [-0.2, -0.15) is 0 Å². The van der Waals surface area contributed by atoms with Gasteiger partial charge in [-0.05, 0) is 19.1 Å². The highest BCUT2D eigenvalue weighted by atomic mass is 16.6. The molecule has 21 heavy (non-hydrogen) atoms. The Morgan fingerprint density at radius 1 is 1.43 bits per heavy atom. The van der Waals surface area contributed by atoms with Gasteiger partial charge in [0.25, 0.3) is 0 Å². The number of nitro benzene ring substituents is 1.